The predicted molar refractivity (Wildman–Crippen MR) is 82.6 cm³/mol. The number of hydrogen-bond acceptors (Lipinski definition) is 2. The summed E-state index contributed by atoms with van der Waals surface area (Å²) in [7, 11) is 4.39. The van der Waals surface area contributed by atoms with Gasteiger partial charge in [0, 0.05) is 29.1 Å². The first-order chi connectivity index (χ1) is 8.61. The average Bonchev–Trinajstić information content (AvgIpc) is 2.38. The van der Waals surface area contributed by atoms with Gasteiger partial charge in [0.05, 0.1) is 0 Å². The van der Waals surface area contributed by atoms with Crippen LogP contribution in [0.15, 0.2) is 22.7 Å². The van der Waals surface area contributed by atoms with Crippen LogP contribution in [0.2, 0.25) is 0 Å². The molecule has 0 aromatic heterocycles. The van der Waals surface area contributed by atoms with Crippen molar-refractivity contribution in [3.8, 4) is 0 Å². The van der Waals surface area contributed by atoms with Crippen LogP contribution >= 0.6 is 27.5 Å². The van der Waals surface area contributed by atoms with Crippen LogP contribution in [-0.4, -0.2) is 38.1 Å². The second-order valence-electron chi connectivity index (χ2n) is 5.05. The van der Waals surface area contributed by atoms with Crippen LogP contribution < -0.4 is 4.90 Å². The smallest absolute Gasteiger partial charge is 0.0485 e. The number of likely N-dealkylation sites (tertiary alicyclic amines) is 1. The van der Waals surface area contributed by atoms with Crippen molar-refractivity contribution >= 4 is 33.2 Å². The number of halogens is 2. The molecular formula is C14H20BrClN2. The van der Waals surface area contributed by atoms with Gasteiger partial charge in [0.1, 0.15) is 0 Å². The maximum Gasteiger partial charge on any atom is 0.0485 e. The maximum atomic E-state index is 5.88. The minimum atomic E-state index is 0.554. The minimum absolute atomic E-state index is 0.554. The Labute approximate surface area is 123 Å². The molecule has 100 valence electrons. The standard InChI is InChI=1S/C14H20BrClN2/c1-17-7-5-12(6-8-17)18(2)13-4-3-11(10-16)14(15)9-13/h3-4,9,12H,5-8,10H2,1-2H3. The fourth-order valence-electron chi connectivity index (χ4n) is 2.46. The molecule has 0 unspecified atom stereocenters. The van der Waals surface area contributed by atoms with Gasteiger partial charge in [0.25, 0.3) is 0 Å². The number of rotatable bonds is 3. The fraction of sp³-hybridized carbons (Fsp3) is 0.571. The van der Waals surface area contributed by atoms with E-state index in [1.807, 2.05) is 0 Å². The zero-order valence-electron chi connectivity index (χ0n) is 11.0. The summed E-state index contributed by atoms with van der Waals surface area (Å²) in [6.07, 6.45) is 2.48. The molecule has 1 aliphatic heterocycles. The Balaban J connectivity index is 2.08. The van der Waals surface area contributed by atoms with Gasteiger partial charge in [-0.15, -0.1) is 11.6 Å². The number of anilines is 1. The summed E-state index contributed by atoms with van der Waals surface area (Å²) < 4.78 is 1.11. The highest BCUT2D eigenvalue weighted by Crippen LogP contribution is 2.27. The van der Waals surface area contributed by atoms with Gasteiger partial charge in [-0.1, -0.05) is 22.0 Å². The molecule has 0 atom stereocenters. The van der Waals surface area contributed by atoms with Gasteiger partial charge in [-0.2, -0.15) is 0 Å². The van der Waals surface area contributed by atoms with E-state index in [-0.39, 0.29) is 0 Å². The number of benzene rings is 1. The monoisotopic (exact) mass is 330 g/mol. The molecule has 0 saturated carbocycles. The lowest BCUT2D eigenvalue weighted by atomic mass is 10.0. The van der Waals surface area contributed by atoms with E-state index in [0.29, 0.717) is 11.9 Å². The zero-order valence-corrected chi connectivity index (χ0v) is 13.3. The number of hydrogen-bond donors (Lipinski definition) is 0. The molecule has 1 aromatic rings. The van der Waals surface area contributed by atoms with Crippen LogP contribution in [0.5, 0.6) is 0 Å². The van der Waals surface area contributed by atoms with Crippen molar-refractivity contribution in [2.24, 2.45) is 0 Å². The topological polar surface area (TPSA) is 6.48 Å². The Morgan fingerprint density at radius 1 is 1.39 bits per heavy atom. The SMILES string of the molecule is CN1CCC(N(C)c2ccc(CCl)c(Br)c2)CC1. The van der Waals surface area contributed by atoms with E-state index in [9.17, 15) is 0 Å². The third-order valence-electron chi connectivity index (χ3n) is 3.82. The molecule has 4 heteroatoms. The van der Waals surface area contributed by atoms with Crippen LogP contribution in [-0.2, 0) is 5.88 Å². The lowest BCUT2D eigenvalue weighted by Gasteiger charge is -2.36. The van der Waals surface area contributed by atoms with Crippen molar-refractivity contribution in [3.63, 3.8) is 0 Å². The first-order valence-corrected chi connectivity index (χ1v) is 7.70. The Morgan fingerprint density at radius 2 is 2.06 bits per heavy atom. The number of nitrogens with zero attached hydrogens (tertiary/aromatic N) is 2. The summed E-state index contributed by atoms with van der Waals surface area (Å²) in [6.45, 7) is 2.38. The van der Waals surface area contributed by atoms with E-state index in [1.165, 1.54) is 31.6 Å². The van der Waals surface area contributed by atoms with Crippen molar-refractivity contribution in [1.82, 2.24) is 4.90 Å². The second kappa shape index (κ2) is 6.27. The highest BCUT2D eigenvalue weighted by atomic mass is 79.9. The van der Waals surface area contributed by atoms with Crippen LogP contribution in [0, 0.1) is 0 Å². The highest BCUT2D eigenvalue weighted by Gasteiger charge is 2.21. The van der Waals surface area contributed by atoms with E-state index in [1.54, 1.807) is 0 Å². The molecule has 1 fully saturated rings. The van der Waals surface area contributed by atoms with E-state index >= 15 is 0 Å². The Hall–Kier alpha value is -0.250. The first-order valence-electron chi connectivity index (χ1n) is 6.37. The van der Waals surface area contributed by atoms with Crippen LogP contribution in [0.4, 0.5) is 5.69 Å². The van der Waals surface area contributed by atoms with Gasteiger partial charge in [-0.05, 0) is 50.7 Å². The summed E-state index contributed by atoms with van der Waals surface area (Å²) >= 11 is 9.47. The average molecular weight is 332 g/mol. The minimum Gasteiger partial charge on any atom is -0.371 e. The largest absolute Gasteiger partial charge is 0.371 e. The number of piperidine rings is 1. The van der Waals surface area contributed by atoms with Crippen molar-refractivity contribution in [2.75, 3.05) is 32.1 Å². The summed E-state index contributed by atoms with van der Waals surface area (Å²) in [5.41, 5.74) is 2.42. The predicted octanol–water partition coefficient (Wildman–Crippen LogP) is 3.72. The molecule has 0 aliphatic carbocycles. The molecule has 0 amide bonds. The van der Waals surface area contributed by atoms with Crippen LogP contribution in [0.1, 0.15) is 18.4 Å². The molecule has 1 aliphatic rings. The Bertz CT molecular complexity index is 403. The molecule has 1 saturated heterocycles. The van der Waals surface area contributed by atoms with E-state index < -0.39 is 0 Å². The molecular weight excluding hydrogens is 312 g/mol. The van der Waals surface area contributed by atoms with E-state index in [2.05, 4.69) is 58.0 Å². The molecule has 0 N–H and O–H groups in total. The van der Waals surface area contributed by atoms with Crippen molar-refractivity contribution < 1.29 is 0 Å². The van der Waals surface area contributed by atoms with Crippen molar-refractivity contribution in [3.05, 3.63) is 28.2 Å². The summed E-state index contributed by atoms with van der Waals surface area (Å²) in [5.74, 6) is 0.554. The summed E-state index contributed by atoms with van der Waals surface area (Å²) in [5, 5.41) is 0. The van der Waals surface area contributed by atoms with E-state index in [4.69, 9.17) is 11.6 Å². The molecule has 1 aromatic carbocycles. The lowest BCUT2D eigenvalue weighted by Crippen LogP contribution is -2.41. The molecule has 0 spiro atoms. The third kappa shape index (κ3) is 3.19. The molecule has 0 radical (unpaired) electrons. The summed E-state index contributed by atoms with van der Waals surface area (Å²) in [4.78, 5) is 4.80. The third-order valence-corrected chi connectivity index (χ3v) is 4.85. The van der Waals surface area contributed by atoms with E-state index in [0.717, 1.165) is 10.0 Å². The molecule has 1 heterocycles. The number of alkyl halides is 1. The fourth-order valence-corrected chi connectivity index (χ4v) is 3.36. The second-order valence-corrected chi connectivity index (χ2v) is 6.18. The van der Waals surface area contributed by atoms with Gasteiger partial charge in [0.2, 0.25) is 0 Å². The molecule has 2 rings (SSSR count). The zero-order chi connectivity index (χ0) is 13.1. The molecule has 2 nitrogen and oxygen atoms in total. The quantitative estimate of drug-likeness (QED) is 0.779. The highest BCUT2D eigenvalue weighted by molar-refractivity contribution is 9.10. The molecule has 0 bridgehead atoms. The first kappa shape index (κ1) is 14.2. The maximum absolute atomic E-state index is 5.88. The van der Waals surface area contributed by atoms with Crippen molar-refractivity contribution in [2.45, 2.75) is 24.8 Å². The van der Waals surface area contributed by atoms with Gasteiger partial charge < -0.3 is 9.80 Å². The van der Waals surface area contributed by atoms with Gasteiger partial charge in [-0.25, -0.2) is 0 Å². The van der Waals surface area contributed by atoms with Gasteiger partial charge >= 0.3 is 0 Å². The molecule has 18 heavy (non-hydrogen) atoms. The van der Waals surface area contributed by atoms with Crippen LogP contribution in [0.3, 0.4) is 0 Å². The Kier molecular flexibility index (Phi) is 4.93. The van der Waals surface area contributed by atoms with Gasteiger partial charge in [0.15, 0.2) is 0 Å². The van der Waals surface area contributed by atoms with Crippen LogP contribution in [0.25, 0.3) is 0 Å². The summed E-state index contributed by atoms with van der Waals surface area (Å²) in [6, 6.07) is 7.10. The lowest BCUT2D eigenvalue weighted by molar-refractivity contribution is 0.253. The van der Waals surface area contributed by atoms with Gasteiger partial charge in [-0.3, -0.25) is 0 Å². The normalized spacial score (nSPS) is 18.0. The van der Waals surface area contributed by atoms with Crippen molar-refractivity contribution in [1.29, 1.82) is 0 Å². The Morgan fingerprint density at radius 3 is 2.61 bits per heavy atom.